The van der Waals surface area contributed by atoms with E-state index in [1.54, 1.807) is 0 Å². The number of hydrogen-bond donors (Lipinski definition) is 2. The van der Waals surface area contributed by atoms with Crippen LogP contribution in [0.25, 0.3) is 11.3 Å². The van der Waals surface area contributed by atoms with Gasteiger partial charge in [-0.25, -0.2) is 4.98 Å². The van der Waals surface area contributed by atoms with E-state index in [9.17, 15) is 0 Å². The molecule has 0 aliphatic carbocycles. The van der Waals surface area contributed by atoms with Gasteiger partial charge in [-0.05, 0) is 18.1 Å². The van der Waals surface area contributed by atoms with Gasteiger partial charge >= 0.3 is 0 Å². The zero-order valence-corrected chi connectivity index (χ0v) is 11.4. The lowest BCUT2D eigenvalue weighted by atomic mass is 10.1. The van der Waals surface area contributed by atoms with Gasteiger partial charge in [0.05, 0.1) is 17.9 Å². The van der Waals surface area contributed by atoms with Crippen LogP contribution in [0.5, 0.6) is 0 Å². The average Bonchev–Trinajstić information content (AvgIpc) is 2.98. The van der Waals surface area contributed by atoms with E-state index in [0.29, 0.717) is 0 Å². The van der Waals surface area contributed by atoms with E-state index in [1.165, 1.54) is 5.56 Å². The van der Waals surface area contributed by atoms with Crippen LogP contribution in [0.1, 0.15) is 23.0 Å². The fraction of sp³-hybridized carbons (Fsp3) is 0.118. The average molecular weight is 263 g/mol. The highest BCUT2D eigenvalue weighted by Crippen LogP contribution is 2.22. The van der Waals surface area contributed by atoms with Crippen LogP contribution in [0.15, 0.2) is 60.8 Å². The molecule has 100 valence electrons. The van der Waals surface area contributed by atoms with E-state index in [1.807, 2.05) is 36.5 Å². The van der Waals surface area contributed by atoms with E-state index < -0.39 is 0 Å². The van der Waals surface area contributed by atoms with Crippen molar-refractivity contribution < 1.29 is 0 Å². The van der Waals surface area contributed by atoms with Crippen molar-refractivity contribution in [2.45, 2.75) is 13.0 Å². The quantitative estimate of drug-likeness (QED) is 0.760. The number of nitrogens with one attached hydrogen (secondary N) is 1. The molecule has 3 heteroatoms. The molecule has 3 N–H and O–H groups in total. The summed E-state index contributed by atoms with van der Waals surface area (Å²) in [5.41, 5.74) is 10.6. The van der Waals surface area contributed by atoms with Gasteiger partial charge in [-0.2, -0.15) is 0 Å². The summed E-state index contributed by atoms with van der Waals surface area (Å²) in [5.74, 6) is 0.784. The van der Waals surface area contributed by atoms with Crippen LogP contribution in [-0.4, -0.2) is 9.97 Å². The maximum atomic E-state index is 6.24. The van der Waals surface area contributed by atoms with Gasteiger partial charge in [0, 0.05) is 0 Å². The van der Waals surface area contributed by atoms with Crippen LogP contribution in [-0.2, 0) is 0 Å². The molecule has 1 heterocycles. The van der Waals surface area contributed by atoms with Gasteiger partial charge < -0.3 is 10.7 Å². The summed E-state index contributed by atoms with van der Waals surface area (Å²) in [6.45, 7) is 2.08. The second-order valence-corrected chi connectivity index (χ2v) is 4.94. The Morgan fingerprint density at radius 1 is 1.00 bits per heavy atom. The topological polar surface area (TPSA) is 54.7 Å². The minimum absolute atomic E-state index is 0.226. The molecule has 0 amide bonds. The van der Waals surface area contributed by atoms with Gasteiger partial charge in [0.2, 0.25) is 0 Å². The van der Waals surface area contributed by atoms with E-state index in [4.69, 9.17) is 5.73 Å². The minimum Gasteiger partial charge on any atom is -0.340 e. The molecule has 1 unspecified atom stereocenters. The normalized spacial score (nSPS) is 12.3. The van der Waals surface area contributed by atoms with Gasteiger partial charge in [-0.1, -0.05) is 60.2 Å². The largest absolute Gasteiger partial charge is 0.340 e. The number of benzene rings is 2. The van der Waals surface area contributed by atoms with E-state index in [-0.39, 0.29) is 6.04 Å². The van der Waals surface area contributed by atoms with Crippen molar-refractivity contribution in [2.75, 3.05) is 0 Å². The molecule has 2 aromatic carbocycles. The van der Waals surface area contributed by atoms with Gasteiger partial charge in [-0.3, -0.25) is 0 Å². The first-order valence-corrected chi connectivity index (χ1v) is 6.66. The van der Waals surface area contributed by atoms with Crippen LogP contribution in [0, 0.1) is 6.92 Å². The highest BCUT2D eigenvalue weighted by molar-refractivity contribution is 5.59. The van der Waals surface area contributed by atoms with Crippen molar-refractivity contribution in [3.63, 3.8) is 0 Å². The SMILES string of the molecule is Cc1ccc(-c2cnc(C(N)c3ccccc3)[nH]2)cc1. The fourth-order valence-corrected chi connectivity index (χ4v) is 2.19. The molecule has 0 fully saturated rings. The molecule has 0 radical (unpaired) electrons. The summed E-state index contributed by atoms with van der Waals surface area (Å²) in [6.07, 6.45) is 1.84. The number of rotatable bonds is 3. The second kappa shape index (κ2) is 5.31. The lowest BCUT2D eigenvalue weighted by molar-refractivity contribution is 0.801. The van der Waals surface area contributed by atoms with Gasteiger partial charge in [0.15, 0.2) is 0 Å². The van der Waals surface area contributed by atoms with E-state index >= 15 is 0 Å². The monoisotopic (exact) mass is 263 g/mol. The Labute approximate surface area is 118 Å². The maximum Gasteiger partial charge on any atom is 0.128 e. The zero-order valence-electron chi connectivity index (χ0n) is 11.4. The number of aromatic nitrogens is 2. The van der Waals surface area contributed by atoms with Gasteiger partial charge in [0.25, 0.3) is 0 Å². The number of nitrogens with two attached hydrogens (primary N) is 1. The summed E-state index contributed by atoms with van der Waals surface area (Å²) in [4.78, 5) is 7.72. The van der Waals surface area contributed by atoms with Crippen LogP contribution in [0.4, 0.5) is 0 Å². The third-order valence-corrected chi connectivity index (χ3v) is 3.41. The first kappa shape index (κ1) is 12.6. The number of hydrogen-bond acceptors (Lipinski definition) is 2. The standard InChI is InChI=1S/C17H17N3/c1-12-7-9-13(10-8-12)15-11-19-17(20-15)16(18)14-5-3-2-4-6-14/h2-11,16H,18H2,1H3,(H,19,20). The molecule has 3 rings (SSSR count). The molecule has 1 atom stereocenters. The summed E-state index contributed by atoms with van der Waals surface area (Å²) in [6, 6.07) is 18.1. The van der Waals surface area contributed by atoms with E-state index in [0.717, 1.165) is 22.6 Å². The Morgan fingerprint density at radius 2 is 1.70 bits per heavy atom. The van der Waals surface area contributed by atoms with Gasteiger partial charge in [0.1, 0.15) is 5.82 Å². The van der Waals surface area contributed by atoms with Crippen molar-refractivity contribution in [3.8, 4) is 11.3 Å². The van der Waals surface area contributed by atoms with Crippen molar-refractivity contribution in [3.05, 3.63) is 77.7 Å². The summed E-state index contributed by atoms with van der Waals surface area (Å²) < 4.78 is 0. The molecule has 3 nitrogen and oxygen atoms in total. The predicted octanol–water partition coefficient (Wildman–Crippen LogP) is 3.43. The summed E-state index contributed by atoms with van der Waals surface area (Å²) in [7, 11) is 0. The Morgan fingerprint density at radius 3 is 2.40 bits per heavy atom. The third-order valence-electron chi connectivity index (χ3n) is 3.41. The summed E-state index contributed by atoms with van der Waals surface area (Å²) in [5, 5.41) is 0. The lowest BCUT2D eigenvalue weighted by Crippen LogP contribution is -2.13. The fourth-order valence-electron chi connectivity index (χ4n) is 2.19. The molecule has 3 aromatic rings. The first-order valence-electron chi connectivity index (χ1n) is 6.66. The number of nitrogens with zero attached hydrogens (tertiary/aromatic N) is 1. The Hall–Kier alpha value is -2.39. The van der Waals surface area contributed by atoms with Crippen LogP contribution >= 0.6 is 0 Å². The van der Waals surface area contributed by atoms with Crippen molar-refractivity contribution >= 4 is 0 Å². The van der Waals surface area contributed by atoms with Crippen molar-refractivity contribution in [1.82, 2.24) is 9.97 Å². The molecule has 1 aromatic heterocycles. The van der Waals surface area contributed by atoms with Crippen LogP contribution < -0.4 is 5.73 Å². The molecule has 20 heavy (non-hydrogen) atoms. The first-order chi connectivity index (χ1) is 9.74. The number of H-pyrrole nitrogens is 1. The summed E-state index contributed by atoms with van der Waals surface area (Å²) >= 11 is 0. The van der Waals surface area contributed by atoms with Gasteiger partial charge in [-0.15, -0.1) is 0 Å². The molecule has 0 aliphatic heterocycles. The molecule has 0 spiro atoms. The van der Waals surface area contributed by atoms with Crippen LogP contribution in [0.2, 0.25) is 0 Å². The molecule has 0 saturated carbocycles. The Kier molecular flexibility index (Phi) is 3.35. The third kappa shape index (κ3) is 2.49. The van der Waals surface area contributed by atoms with Crippen LogP contribution in [0.3, 0.4) is 0 Å². The second-order valence-electron chi connectivity index (χ2n) is 4.94. The highest BCUT2D eigenvalue weighted by Gasteiger charge is 2.12. The lowest BCUT2D eigenvalue weighted by Gasteiger charge is -2.08. The molecule has 0 saturated heterocycles. The Bertz CT molecular complexity index is 684. The number of imidazole rings is 1. The highest BCUT2D eigenvalue weighted by atomic mass is 15.0. The molecule has 0 bridgehead atoms. The Balaban J connectivity index is 1.89. The van der Waals surface area contributed by atoms with E-state index in [2.05, 4.69) is 41.2 Å². The maximum absolute atomic E-state index is 6.24. The number of aromatic amines is 1. The zero-order chi connectivity index (χ0) is 13.9. The minimum atomic E-state index is -0.226. The molecular weight excluding hydrogens is 246 g/mol. The molecule has 0 aliphatic rings. The van der Waals surface area contributed by atoms with Crippen molar-refractivity contribution in [2.24, 2.45) is 5.73 Å². The smallest absolute Gasteiger partial charge is 0.128 e. The van der Waals surface area contributed by atoms with Crippen molar-refractivity contribution in [1.29, 1.82) is 0 Å². The number of aryl methyl sites for hydroxylation is 1. The predicted molar refractivity (Wildman–Crippen MR) is 81.2 cm³/mol. The molecular formula is C17H17N3.